The number of benzene rings is 1. The maximum absolute atomic E-state index is 12.1. The van der Waals surface area contributed by atoms with Crippen LogP contribution in [0, 0.1) is 11.3 Å². The van der Waals surface area contributed by atoms with Gasteiger partial charge in [0, 0.05) is 5.56 Å². The summed E-state index contributed by atoms with van der Waals surface area (Å²) in [6, 6.07) is 6.66. The molecule has 0 spiro atoms. The fourth-order valence-electron chi connectivity index (χ4n) is 1.37. The van der Waals surface area contributed by atoms with Gasteiger partial charge in [-0.1, -0.05) is 25.1 Å². The summed E-state index contributed by atoms with van der Waals surface area (Å²) < 4.78 is 40.3. The predicted octanol–water partition coefficient (Wildman–Crippen LogP) is 2.76. The van der Waals surface area contributed by atoms with Crippen LogP contribution in [0.15, 0.2) is 24.3 Å². The van der Waals surface area contributed by atoms with Crippen LogP contribution in [0.25, 0.3) is 0 Å². The maximum Gasteiger partial charge on any atom is 0.573 e. The van der Waals surface area contributed by atoms with Crippen molar-refractivity contribution < 1.29 is 17.9 Å². The fraction of sp³-hybridized carbons (Fsp3) is 0.364. The molecule has 3 nitrogen and oxygen atoms in total. The molecule has 0 bridgehead atoms. The highest BCUT2D eigenvalue weighted by atomic mass is 19.4. The third kappa shape index (κ3) is 3.96. The fourth-order valence-corrected chi connectivity index (χ4v) is 1.37. The zero-order chi connectivity index (χ0) is 12.9. The van der Waals surface area contributed by atoms with Gasteiger partial charge in [0.15, 0.2) is 0 Å². The van der Waals surface area contributed by atoms with Crippen LogP contribution >= 0.6 is 0 Å². The first-order valence-electron chi connectivity index (χ1n) is 4.95. The van der Waals surface area contributed by atoms with E-state index in [1.165, 1.54) is 18.2 Å². The number of nitriles is 1. The largest absolute Gasteiger partial charge is 0.573 e. The minimum absolute atomic E-state index is 0.175. The zero-order valence-electron chi connectivity index (χ0n) is 9.08. The Morgan fingerprint density at radius 2 is 2.06 bits per heavy atom. The highest BCUT2D eigenvalue weighted by molar-refractivity contribution is 5.38. The molecule has 92 valence electrons. The summed E-state index contributed by atoms with van der Waals surface area (Å²) in [7, 11) is 0. The molecule has 1 atom stereocenters. The highest BCUT2D eigenvalue weighted by Crippen LogP contribution is 2.29. The van der Waals surface area contributed by atoms with Crippen molar-refractivity contribution in [3.8, 4) is 11.8 Å². The minimum Gasteiger partial charge on any atom is -0.405 e. The molecule has 0 saturated carbocycles. The van der Waals surface area contributed by atoms with Gasteiger partial charge >= 0.3 is 6.36 Å². The third-order valence-corrected chi connectivity index (χ3v) is 1.99. The second-order valence-electron chi connectivity index (χ2n) is 3.21. The van der Waals surface area contributed by atoms with Gasteiger partial charge in [0.05, 0.1) is 6.07 Å². The molecule has 0 radical (unpaired) electrons. The smallest absolute Gasteiger partial charge is 0.405 e. The number of nitrogens with one attached hydrogen (secondary N) is 1. The molecule has 0 aliphatic rings. The predicted molar refractivity (Wildman–Crippen MR) is 55.2 cm³/mol. The van der Waals surface area contributed by atoms with E-state index in [1.54, 1.807) is 13.0 Å². The van der Waals surface area contributed by atoms with E-state index in [0.717, 1.165) is 0 Å². The van der Waals surface area contributed by atoms with Crippen LogP contribution in [0.2, 0.25) is 0 Å². The Kier molecular flexibility index (Phi) is 4.35. The first-order valence-corrected chi connectivity index (χ1v) is 4.95. The van der Waals surface area contributed by atoms with Gasteiger partial charge in [0.1, 0.15) is 11.8 Å². The molecule has 0 aliphatic carbocycles. The van der Waals surface area contributed by atoms with Gasteiger partial charge < -0.3 is 4.74 Å². The lowest BCUT2D eigenvalue weighted by atomic mass is 10.1. The number of rotatable bonds is 4. The Morgan fingerprint density at radius 3 is 2.59 bits per heavy atom. The molecule has 6 heteroatoms. The lowest BCUT2D eigenvalue weighted by Crippen LogP contribution is -2.23. The van der Waals surface area contributed by atoms with Crippen molar-refractivity contribution in [3.63, 3.8) is 0 Å². The number of ether oxygens (including phenoxy) is 1. The van der Waals surface area contributed by atoms with Gasteiger partial charge in [-0.05, 0) is 12.6 Å². The van der Waals surface area contributed by atoms with Crippen LogP contribution in [0.4, 0.5) is 13.2 Å². The van der Waals surface area contributed by atoms with E-state index in [1.807, 2.05) is 6.07 Å². The van der Waals surface area contributed by atoms with Gasteiger partial charge in [-0.2, -0.15) is 5.26 Å². The van der Waals surface area contributed by atoms with Gasteiger partial charge in [-0.3, -0.25) is 5.32 Å². The molecule has 1 aromatic rings. The highest BCUT2D eigenvalue weighted by Gasteiger charge is 2.32. The average Bonchev–Trinajstić information content (AvgIpc) is 2.25. The van der Waals surface area contributed by atoms with Crippen molar-refractivity contribution in [3.05, 3.63) is 29.8 Å². The summed E-state index contributed by atoms with van der Waals surface area (Å²) in [6.07, 6.45) is -4.76. The molecule has 0 saturated heterocycles. The molecular formula is C11H11F3N2O. The second kappa shape index (κ2) is 5.55. The van der Waals surface area contributed by atoms with E-state index >= 15 is 0 Å². The van der Waals surface area contributed by atoms with Crippen LogP contribution < -0.4 is 10.1 Å². The summed E-state index contributed by atoms with van der Waals surface area (Å²) in [5.41, 5.74) is 0.175. The van der Waals surface area contributed by atoms with Crippen LogP contribution in [0.3, 0.4) is 0 Å². The van der Waals surface area contributed by atoms with Crippen LogP contribution in [-0.4, -0.2) is 12.9 Å². The Labute approximate surface area is 96.8 Å². The number of alkyl halides is 3. The molecule has 1 aromatic carbocycles. The van der Waals surface area contributed by atoms with Crippen molar-refractivity contribution in [1.29, 1.82) is 5.26 Å². The first kappa shape index (κ1) is 13.3. The molecule has 17 heavy (non-hydrogen) atoms. The molecule has 0 aromatic heterocycles. The average molecular weight is 244 g/mol. The van der Waals surface area contributed by atoms with Crippen molar-refractivity contribution in [2.75, 3.05) is 6.54 Å². The maximum atomic E-state index is 12.1. The summed E-state index contributed by atoms with van der Waals surface area (Å²) >= 11 is 0. The Bertz CT molecular complexity index is 412. The van der Waals surface area contributed by atoms with E-state index in [2.05, 4.69) is 10.1 Å². The van der Waals surface area contributed by atoms with Gasteiger partial charge in [-0.15, -0.1) is 13.2 Å². The molecule has 1 rings (SSSR count). The molecule has 0 aliphatic heterocycles. The molecule has 1 unspecified atom stereocenters. The monoisotopic (exact) mass is 244 g/mol. The standard InChI is InChI=1S/C11H11F3N2O/c1-2-16-9(7-15)8-5-3-4-6-10(8)17-11(12,13)14/h3-6,9,16H,2H2,1H3. The topological polar surface area (TPSA) is 45.0 Å². The van der Waals surface area contributed by atoms with Gasteiger partial charge in [0.2, 0.25) is 0 Å². The summed E-state index contributed by atoms with van der Waals surface area (Å²) in [6.45, 7) is 2.23. The normalized spacial score (nSPS) is 12.9. The Hall–Kier alpha value is -1.74. The quantitative estimate of drug-likeness (QED) is 0.885. The SMILES string of the molecule is CCNC(C#N)c1ccccc1OC(F)(F)F. The van der Waals surface area contributed by atoms with E-state index in [4.69, 9.17) is 5.26 Å². The van der Waals surface area contributed by atoms with E-state index < -0.39 is 12.4 Å². The van der Waals surface area contributed by atoms with E-state index in [0.29, 0.717) is 6.54 Å². The van der Waals surface area contributed by atoms with Crippen LogP contribution in [0.5, 0.6) is 5.75 Å². The number of hydrogen-bond donors (Lipinski definition) is 1. The van der Waals surface area contributed by atoms with Crippen molar-refractivity contribution >= 4 is 0 Å². The zero-order valence-corrected chi connectivity index (χ0v) is 9.08. The molecule has 0 amide bonds. The minimum atomic E-state index is -4.76. The van der Waals surface area contributed by atoms with Gasteiger partial charge in [-0.25, -0.2) is 0 Å². The van der Waals surface area contributed by atoms with Crippen molar-refractivity contribution in [2.45, 2.75) is 19.3 Å². The second-order valence-corrected chi connectivity index (χ2v) is 3.21. The summed E-state index contributed by atoms with van der Waals surface area (Å²) in [4.78, 5) is 0. The summed E-state index contributed by atoms with van der Waals surface area (Å²) in [5.74, 6) is -0.354. The van der Waals surface area contributed by atoms with E-state index in [9.17, 15) is 13.2 Å². The van der Waals surface area contributed by atoms with Crippen molar-refractivity contribution in [1.82, 2.24) is 5.32 Å². The molecule has 0 heterocycles. The van der Waals surface area contributed by atoms with Gasteiger partial charge in [0.25, 0.3) is 0 Å². The van der Waals surface area contributed by atoms with Crippen LogP contribution in [0.1, 0.15) is 18.5 Å². The summed E-state index contributed by atoms with van der Waals surface area (Å²) in [5, 5.41) is 11.7. The molecule has 0 fully saturated rings. The van der Waals surface area contributed by atoms with Crippen molar-refractivity contribution in [2.24, 2.45) is 0 Å². The molecular weight excluding hydrogens is 233 g/mol. The van der Waals surface area contributed by atoms with E-state index in [-0.39, 0.29) is 11.3 Å². The Balaban J connectivity index is 3.03. The third-order valence-electron chi connectivity index (χ3n) is 1.99. The lowest BCUT2D eigenvalue weighted by molar-refractivity contribution is -0.274. The number of nitrogens with zero attached hydrogens (tertiary/aromatic N) is 1. The first-order chi connectivity index (χ1) is 7.98. The Morgan fingerprint density at radius 1 is 1.41 bits per heavy atom. The van der Waals surface area contributed by atoms with Crippen LogP contribution in [-0.2, 0) is 0 Å². The molecule has 1 N–H and O–H groups in total. The number of hydrogen-bond acceptors (Lipinski definition) is 3. The number of halogens is 3. The lowest BCUT2D eigenvalue weighted by Gasteiger charge is -2.16. The number of para-hydroxylation sites is 1.